The largest absolute Gasteiger partial charge is 0.484 e. The number of hydrogen-bond donors (Lipinski definition) is 0. The predicted molar refractivity (Wildman–Crippen MR) is 93.9 cm³/mol. The average Bonchev–Trinajstić information content (AvgIpc) is 2.99. The number of halogens is 3. The fourth-order valence-corrected chi connectivity index (χ4v) is 3.12. The molecule has 0 N–H and O–H groups in total. The Labute approximate surface area is 157 Å². The third-order valence-corrected chi connectivity index (χ3v) is 4.34. The summed E-state index contributed by atoms with van der Waals surface area (Å²) in [6, 6.07) is 10.5. The average molecular weight is 403 g/mol. The Hall–Kier alpha value is -1.47. The van der Waals surface area contributed by atoms with Crippen LogP contribution in [0, 0.1) is 0 Å². The van der Waals surface area contributed by atoms with E-state index in [1.165, 1.54) is 11.8 Å². The van der Waals surface area contributed by atoms with E-state index in [1.54, 1.807) is 36.4 Å². The SMILES string of the molecule is Clc1ccc(OCc2nnc(SCc3cc(Cl)nc(Cl)c3)o2)cc1. The normalized spacial score (nSPS) is 10.8. The minimum absolute atomic E-state index is 0.183. The number of aromatic nitrogens is 3. The van der Waals surface area contributed by atoms with Crippen LogP contribution in [0.2, 0.25) is 15.3 Å². The number of nitrogens with zero attached hydrogens (tertiary/aromatic N) is 3. The van der Waals surface area contributed by atoms with Crippen LogP contribution in [0.4, 0.5) is 0 Å². The van der Waals surface area contributed by atoms with Crippen molar-refractivity contribution in [2.75, 3.05) is 0 Å². The van der Waals surface area contributed by atoms with Crippen molar-refractivity contribution in [3.63, 3.8) is 0 Å². The van der Waals surface area contributed by atoms with Crippen LogP contribution in [-0.4, -0.2) is 15.2 Å². The first kappa shape index (κ1) is 17.4. The number of benzene rings is 1. The molecule has 3 rings (SSSR count). The second-order valence-corrected chi connectivity index (χ2v) is 6.75. The van der Waals surface area contributed by atoms with E-state index in [4.69, 9.17) is 44.0 Å². The lowest BCUT2D eigenvalue weighted by molar-refractivity contribution is 0.252. The monoisotopic (exact) mass is 401 g/mol. The predicted octanol–water partition coefficient (Wildman–Crippen LogP) is 5.30. The Morgan fingerprint density at radius 2 is 1.71 bits per heavy atom. The number of thioether (sulfide) groups is 1. The van der Waals surface area contributed by atoms with E-state index in [0.29, 0.717) is 37.9 Å². The van der Waals surface area contributed by atoms with E-state index >= 15 is 0 Å². The molecule has 0 radical (unpaired) electrons. The van der Waals surface area contributed by atoms with Gasteiger partial charge in [0, 0.05) is 10.8 Å². The Morgan fingerprint density at radius 1 is 1.00 bits per heavy atom. The topological polar surface area (TPSA) is 61.0 Å². The van der Waals surface area contributed by atoms with Gasteiger partial charge in [-0.3, -0.25) is 0 Å². The van der Waals surface area contributed by atoms with Crippen LogP contribution in [0.5, 0.6) is 5.75 Å². The zero-order valence-corrected chi connectivity index (χ0v) is 15.2. The van der Waals surface area contributed by atoms with Gasteiger partial charge in [-0.2, -0.15) is 0 Å². The van der Waals surface area contributed by atoms with E-state index in [9.17, 15) is 0 Å². The molecule has 2 aromatic heterocycles. The molecule has 0 amide bonds. The highest BCUT2D eigenvalue weighted by molar-refractivity contribution is 7.98. The summed E-state index contributed by atoms with van der Waals surface area (Å²) >= 11 is 18.9. The summed E-state index contributed by atoms with van der Waals surface area (Å²) in [5.74, 6) is 1.65. The van der Waals surface area contributed by atoms with Crippen molar-refractivity contribution < 1.29 is 9.15 Å². The molecule has 24 heavy (non-hydrogen) atoms. The third-order valence-electron chi connectivity index (χ3n) is 2.81. The summed E-state index contributed by atoms with van der Waals surface area (Å²) in [6.45, 7) is 0.183. The fourth-order valence-electron chi connectivity index (χ4n) is 1.77. The third kappa shape index (κ3) is 5.01. The molecule has 0 atom stereocenters. The summed E-state index contributed by atoms with van der Waals surface area (Å²) in [5, 5.41) is 9.69. The lowest BCUT2D eigenvalue weighted by Gasteiger charge is -2.02. The Kier molecular flexibility index (Phi) is 5.84. The minimum Gasteiger partial charge on any atom is -0.484 e. The number of pyridine rings is 1. The lowest BCUT2D eigenvalue weighted by Crippen LogP contribution is -1.95. The van der Waals surface area contributed by atoms with Crippen molar-refractivity contribution in [1.29, 1.82) is 0 Å². The highest BCUT2D eigenvalue weighted by atomic mass is 35.5. The van der Waals surface area contributed by atoms with Crippen LogP contribution in [0.1, 0.15) is 11.5 Å². The fraction of sp³-hybridized carbons (Fsp3) is 0.133. The molecule has 124 valence electrons. The maximum absolute atomic E-state index is 5.86. The van der Waals surface area contributed by atoms with Crippen LogP contribution in [0.3, 0.4) is 0 Å². The van der Waals surface area contributed by atoms with Gasteiger partial charge in [0.1, 0.15) is 16.1 Å². The summed E-state index contributed by atoms with van der Waals surface area (Å²) < 4.78 is 11.1. The number of rotatable bonds is 6. The van der Waals surface area contributed by atoms with Crippen molar-refractivity contribution in [3.8, 4) is 5.75 Å². The highest BCUT2D eigenvalue weighted by Gasteiger charge is 2.09. The van der Waals surface area contributed by atoms with Gasteiger partial charge in [-0.15, -0.1) is 10.2 Å². The first-order valence-corrected chi connectivity index (χ1v) is 8.86. The second kappa shape index (κ2) is 8.07. The van der Waals surface area contributed by atoms with Crippen molar-refractivity contribution >= 4 is 46.6 Å². The molecule has 0 aliphatic carbocycles. The Bertz CT molecular complexity index is 807. The highest BCUT2D eigenvalue weighted by Crippen LogP contribution is 2.24. The summed E-state index contributed by atoms with van der Waals surface area (Å²) in [4.78, 5) is 3.90. The first-order chi connectivity index (χ1) is 11.6. The summed E-state index contributed by atoms with van der Waals surface area (Å²) in [6.07, 6.45) is 0. The van der Waals surface area contributed by atoms with Gasteiger partial charge in [0.25, 0.3) is 11.1 Å². The first-order valence-electron chi connectivity index (χ1n) is 6.74. The molecular formula is C15H10Cl3N3O2S. The van der Waals surface area contributed by atoms with Crippen LogP contribution in [0.25, 0.3) is 0 Å². The van der Waals surface area contributed by atoms with E-state index in [2.05, 4.69) is 15.2 Å². The number of hydrogen-bond acceptors (Lipinski definition) is 6. The molecule has 1 aromatic carbocycles. The molecule has 0 unspecified atom stereocenters. The maximum Gasteiger partial charge on any atom is 0.277 e. The van der Waals surface area contributed by atoms with Crippen LogP contribution in [0.15, 0.2) is 46.0 Å². The van der Waals surface area contributed by atoms with Gasteiger partial charge in [0.15, 0.2) is 6.61 Å². The molecule has 0 bridgehead atoms. The zero-order chi connectivity index (χ0) is 16.9. The standard InChI is InChI=1S/C15H10Cl3N3O2S/c16-10-1-3-11(4-2-10)22-7-14-20-21-15(23-14)24-8-9-5-12(17)19-13(18)6-9/h1-6H,7-8H2. The quantitative estimate of drug-likeness (QED) is 0.412. The van der Waals surface area contributed by atoms with E-state index < -0.39 is 0 Å². The second-order valence-electron chi connectivity index (χ2n) is 4.61. The smallest absolute Gasteiger partial charge is 0.277 e. The molecule has 0 saturated heterocycles. The van der Waals surface area contributed by atoms with Crippen molar-refractivity contribution in [2.24, 2.45) is 0 Å². The van der Waals surface area contributed by atoms with Gasteiger partial charge in [-0.05, 0) is 42.0 Å². The molecule has 9 heteroatoms. The van der Waals surface area contributed by atoms with Crippen LogP contribution in [-0.2, 0) is 12.4 Å². The summed E-state index contributed by atoms with van der Waals surface area (Å²) in [7, 11) is 0. The molecule has 2 heterocycles. The lowest BCUT2D eigenvalue weighted by atomic mass is 10.3. The maximum atomic E-state index is 5.86. The molecule has 3 aromatic rings. The van der Waals surface area contributed by atoms with E-state index in [-0.39, 0.29) is 6.61 Å². The van der Waals surface area contributed by atoms with Crippen molar-refractivity contribution in [2.45, 2.75) is 17.6 Å². The van der Waals surface area contributed by atoms with Gasteiger partial charge in [-0.25, -0.2) is 4.98 Å². The van der Waals surface area contributed by atoms with Crippen molar-refractivity contribution in [3.05, 3.63) is 63.2 Å². The van der Waals surface area contributed by atoms with Gasteiger partial charge < -0.3 is 9.15 Å². The molecule has 0 aliphatic heterocycles. The van der Waals surface area contributed by atoms with E-state index in [0.717, 1.165) is 5.56 Å². The molecule has 0 spiro atoms. The van der Waals surface area contributed by atoms with Crippen LogP contribution >= 0.6 is 46.6 Å². The van der Waals surface area contributed by atoms with Gasteiger partial charge >= 0.3 is 0 Å². The summed E-state index contributed by atoms with van der Waals surface area (Å²) in [5.41, 5.74) is 0.919. The molecule has 0 saturated carbocycles. The van der Waals surface area contributed by atoms with Crippen molar-refractivity contribution in [1.82, 2.24) is 15.2 Å². The van der Waals surface area contributed by atoms with Gasteiger partial charge in [0.2, 0.25) is 0 Å². The molecule has 0 fully saturated rings. The van der Waals surface area contributed by atoms with E-state index in [1.807, 2.05) is 0 Å². The Balaban J connectivity index is 1.54. The van der Waals surface area contributed by atoms with Gasteiger partial charge in [-0.1, -0.05) is 46.6 Å². The molecule has 0 aliphatic rings. The molecule has 5 nitrogen and oxygen atoms in total. The minimum atomic E-state index is 0.183. The Morgan fingerprint density at radius 3 is 2.42 bits per heavy atom. The number of ether oxygens (including phenoxy) is 1. The van der Waals surface area contributed by atoms with Crippen LogP contribution < -0.4 is 4.74 Å². The molecular weight excluding hydrogens is 393 g/mol. The van der Waals surface area contributed by atoms with Gasteiger partial charge in [0.05, 0.1) is 0 Å². The zero-order valence-electron chi connectivity index (χ0n) is 12.1.